The van der Waals surface area contributed by atoms with Crippen LogP contribution in [0, 0.1) is 17.5 Å². The van der Waals surface area contributed by atoms with Gasteiger partial charge >= 0.3 is 0 Å². The molecule has 0 spiro atoms. The lowest BCUT2D eigenvalue weighted by atomic mass is 10.0. The fraction of sp³-hybridized carbons (Fsp3) is 0.529. The maximum atomic E-state index is 13.6. The van der Waals surface area contributed by atoms with Crippen molar-refractivity contribution in [3.63, 3.8) is 0 Å². The summed E-state index contributed by atoms with van der Waals surface area (Å²) in [5, 5.41) is 8.26. The molecule has 0 aliphatic carbocycles. The summed E-state index contributed by atoms with van der Waals surface area (Å²) in [4.78, 5) is 16.0. The maximum absolute atomic E-state index is 13.6. The summed E-state index contributed by atoms with van der Waals surface area (Å²) < 4.78 is 45.3. The van der Waals surface area contributed by atoms with E-state index in [2.05, 4.69) is 20.9 Å². The summed E-state index contributed by atoms with van der Waals surface area (Å²) in [6, 6.07) is 1.70. The van der Waals surface area contributed by atoms with Crippen molar-refractivity contribution in [3.8, 4) is 0 Å². The van der Waals surface area contributed by atoms with Crippen molar-refractivity contribution in [2.24, 2.45) is 4.99 Å². The van der Waals surface area contributed by atoms with Crippen LogP contribution in [0.2, 0.25) is 0 Å². The van der Waals surface area contributed by atoms with Gasteiger partial charge in [0.15, 0.2) is 23.4 Å². The molecule has 1 atom stereocenters. The summed E-state index contributed by atoms with van der Waals surface area (Å²) in [6.07, 6.45) is 1.92. The molecule has 0 saturated carbocycles. The summed E-state index contributed by atoms with van der Waals surface area (Å²) in [5.74, 6) is -4.65. The zero-order valence-corrected chi connectivity index (χ0v) is 17.5. The Morgan fingerprint density at radius 1 is 1.26 bits per heavy atom. The van der Waals surface area contributed by atoms with E-state index in [4.69, 9.17) is 4.74 Å². The van der Waals surface area contributed by atoms with Crippen molar-refractivity contribution in [3.05, 3.63) is 29.6 Å². The number of halogens is 4. The number of anilines is 1. The number of amides is 1. The van der Waals surface area contributed by atoms with Gasteiger partial charge in [0.25, 0.3) is 0 Å². The number of rotatable bonds is 6. The van der Waals surface area contributed by atoms with Crippen LogP contribution in [0.4, 0.5) is 18.9 Å². The number of guanidine groups is 1. The van der Waals surface area contributed by atoms with Crippen LogP contribution in [-0.4, -0.2) is 43.7 Å². The molecule has 10 heteroatoms. The first-order valence-corrected chi connectivity index (χ1v) is 8.44. The highest BCUT2D eigenvalue weighted by Crippen LogP contribution is 2.23. The van der Waals surface area contributed by atoms with E-state index in [0.29, 0.717) is 25.7 Å². The minimum atomic E-state index is -1.63. The molecule has 1 aliphatic heterocycles. The van der Waals surface area contributed by atoms with Crippen LogP contribution in [0.5, 0.6) is 0 Å². The number of nitrogens with zero attached hydrogens (tertiary/aromatic N) is 1. The molecule has 0 aromatic heterocycles. The largest absolute Gasteiger partial charge is 0.373 e. The second-order valence-electron chi connectivity index (χ2n) is 6.22. The zero-order chi connectivity index (χ0) is 19.2. The van der Waals surface area contributed by atoms with E-state index in [1.807, 2.05) is 13.8 Å². The molecule has 27 heavy (non-hydrogen) atoms. The Hall–Kier alpha value is -1.56. The van der Waals surface area contributed by atoms with Crippen molar-refractivity contribution in [1.82, 2.24) is 10.6 Å². The van der Waals surface area contributed by atoms with Crippen molar-refractivity contribution in [2.45, 2.75) is 32.3 Å². The smallest absolute Gasteiger partial charge is 0.246 e. The van der Waals surface area contributed by atoms with Gasteiger partial charge < -0.3 is 20.7 Å². The van der Waals surface area contributed by atoms with Crippen molar-refractivity contribution in [2.75, 3.05) is 31.6 Å². The van der Waals surface area contributed by atoms with Crippen LogP contribution in [0.25, 0.3) is 0 Å². The van der Waals surface area contributed by atoms with Crippen LogP contribution < -0.4 is 16.0 Å². The van der Waals surface area contributed by atoms with Crippen LogP contribution in [0.3, 0.4) is 0 Å². The Morgan fingerprint density at radius 2 is 2.00 bits per heavy atom. The SMILES string of the molecule is CCNC(=NCC(=O)Nc1ccc(F)c(F)c1F)NCC1(C)CCCO1.I. The van der Waals surface area contributed by atoms with E-state index in [1.165, 1.54) is 0 Å². The van der Waals surface area contributed by atoms with E-state index < -0.39 is 29.0 Å². The molecule has 6 nitrogen and oxygen atoms in total. The fourth-order valence-electron chi connectivity index (χ4n) is 2.55. The third-order valence-electron chi connectivity index (χ3n) is 3.96. The lowest BCUT2D eigenvalue weighted by Gasteiger charge is -2.24. The fourth-order valence-corrected chi connectivity index (χ4v) is 2.55. The number of hydrogen-bond acceptors (Lipinski definition) is 3. The Bertz CT molecular complexity index is 682. The van der Waals surface area contributed by atoms with Crippen LogP contribution >= 0.6 is 24.0 Å². The highest BCUT2D eigenvalue weighted by Gasteiger charge is 2.29. The molecular weight excluding hydrogens is 476 g/mol. The molecule has 1 aromatic rings. The molecule has 1 saturated heterocycles. The number of ether oxygens (including phenoxy) is 1. The van der Waals surface area contributed by atoms with Crippen LogP contribution in [0.15, 0.2) is 17.1 Å². The Morgan fingerprint density at radius 3 is 2.63 bits per heavy atom. The van der Waals surface area contributed by atoms with Gasteiger partial charge in [-0.1, -0.05) is 0 Å². The minimum Gasteiger partial charge on any atom is -0.373 e. The molecule has 1 unspecified atom stereocenters. The Balaban J connectivity index is 0.00000364. The van der Waals surface area contributed by atoms with E-state index in [1.54, 1.807) is 0 Å². The predicted octanol–water partition coefficient (Wildman–Crippen LogP) is 2.78. The molecule has 1 amide bonds. The second kappa shape index (κ2) is 10.7. The van der Waals surface area contributed by atoms with Gasteiger partial charge in [-0.2, -0.15) is 0 Å². The minimum absolute atomic E-state index is 0. The summed E-state index contributed by atoms with van der Waals surface area (Å²) in [5.41, 5.74) is -0.721. The monoisotopic (exact) mass is 500 g/mol. The number of benzene rings is 1. The molecule has 1 fully saturated rings. The standard InChI is InChI=1S/C17H23F3N4O2.HI/c1-3-21-16(23-10-17(2)7-4-8-26-17)22-9-13(25)24-12-6-5-11(18)14(19)15(12)20;/h5-6H,3-4,7-10H2,1-2H3,(H,24,25)(H2,21,22,23);1H. The summed E-state index contributed by atoms with van der Waals surface area (Å²) in [6.45, 7) is 5.39. The highest BCUT2D eigenvalue weighted by atomic mass is 127. The van der Waals surface area contributed by atoms with Crippen LogP contribution in [-0.2, 0) is 9.53 Å². The van der Waals surface area contributed by atoms with E-state index in [9.17, 15) is 18.0 Å². The molecule has 1 aliphatic rings. The Labute approximate surface area is 173 Å². The first-order valence-electron chi connectivity index (χ1n) is 8.44. The first-order chi connectivity index (χ1) is 12.3. The van der Waals surface area contributed by atoms with Gasteiger partial charge in [0, 0.05) is 19.7 Å². The van der Waals surface area contributed by atoms with E-state index in [-0.39, 0.29) is 36.1 Å². The predicted molar refractivity (Wildman–Crippen MR) is 108 cm³/mol. The lowest BCUT2D eigenvalue weighted by molar-refractivity contribution is -0.114. The molecule has 1 heterocycles. The molecular formula is C17H24F3IN4O2. The third-order valence-corrected chi connectivity index (χ3v) is 3.96. The van der Waals surface area contributed by atoms with Crippen LogP contribution in [0.1, 0.15) is 26.7 Å². The zero-order valence-electron chi connectivity index (χ0n) is 15.2. The number of aliphatic imine (C=N–C) groups is 1. The quantitative estimate of drug-likeness (QED) is 0.243. The number of carbonyl (C=O) groups excluding carboxylic acids is 1. The normalized spacial score (nSPS) is 19.4. The van der Waals surface area contributed by atoms with Crippen molar-refractivity contribution in [1.29, 1.82) is 0 Å². The van der Waals surface area contributed by atoms with Gasteiger partial charge in [0.05, 0.1) is 11.3 Å². The number of nitrogens with one attached hydrogen (secondary N) is 3. The maximum Gasteiger partial charge on any atom is 0.246 e. The van der Waals surface area contributed by atoms with Gasteiger partial charge in [0.1, 0.15) is 6.54 Å². The second-order valence-corrected chi connectivity index (χ2v) is 6.22. The molecule has 0 bridgehead atoms. The molecule has 3 N–H and O–H groups in total. The van der Waals surface area contributed by atoms with Gasteiger partial charge in [0.2, 0.25) is 5.91 Å². The molecule has 1 aromatic carbocycles. The molecule has 2 rings (SSSR count). The van der Waals surface area contributed by atoms with Crippen molar-refractivity contribution < 1.29 is 22.7 Å². The lowest BCUT2D eigenvalue weighted by Crippen LogP contribution is -2.45. The van der Waals surface area contributed by atoms with Gasteiger partial charge in [-0.3, -0.25) is 4.79 Å². The average molecular weight is 500 g/mol. The van der Waals surface area contributed by atoms with Gasteiger partial charge in [-0.05, 0) is 38.8 Å². The van der Waals surface area contributed by atoms with Crippen molar-refractivity contribution >= 4 is 41.5 Å². The van der Waals surface area contributed by atoms with E-state index in [0.717, 1.165) is 25.0 Å². The Kier molecular flexibility index (Phi) is 9.30. The number of hydrogen-bond donors (Lipinski definition) is 3. The summed E-state index contributed by atoms with van der Waals surface area (Å²) >= 11 is 0. The van der Waals surface area contributed by atoms with Gasteiger partial charge in [-0.15, -0.1) is 24.0 Å². The number of carbonyl (C=O) groups is 1. The summed E-state index contributed by atoms with van der Waals surface area (Å²) in [7, 11) is 0. The van der Waals surface area contributed by atoms with Gasteiger partial charge in [-0.25, -0.2) is 18.2 Å². The first kappa shape index (κ1) is 23.5. The topological polar surface area (TPSA) is 74.8 Å². The molecule has 152 valence electrons. The molecule has 0 radical (unpaired) electrons. The highest BCUT2D eigenvalue weighted by molar-refractivity contribution is 14.0. The van der Waals surface area contributed by atoms with E-state index >= 15 is 0 Å². The third kappa shape index (κ3) is 6.83. The average Bonchev–Trinajstić information content (AvgIpc) is 3.05.